The number of hydrogen-bond donors (Lipinski definition) is 1. The van der Waals surface area contributed by atoms with Gasteiger partial charge < -0.3 is 5.32 Å². The quantitative estimate of drug-likeness (QED) is 0.660. The lowest BCUT2D eigenvalue weighted by Gasteiger charge is -2.08. The molecule has 7 heteroatoms. The predicted octanol–water partition coefficient (Wildman–Crippen LogP) is 4.65. The zero-order valence-electron chi connectivity index (χ0n) is 10.1. The Labute approximate surface area is 124 Å². The van der Waals surface area contributed by atoms with Gasteiger partial charge in [0.05, 0.1) is 10.6 Å². The number of anilines is 1. The van der Waals surface area contributed by atoms with Gasteiger partial charge in [-0.15, -0.1) is 0 Å². The van der Waals surface area contributed by atoms with Crippen LogP contribution in [0.15, 0.2) is 36.4 Å². The van der Waals surface area contributed by atoms with Crippen molar-refractivity contribution in [2.75, 3.05) is 5.32 Å². The zero-order chi connectivity index (χ0) is 14.7. The highest BCUT2D eigenvalue weighted by Crippen LogP contribution is 2.25. The second-order valence-electron chi connectivity index (χ2n) is 4.01. The molecule has 0 amide bonds. The van der Waals surface area contributed by atoms with Gasteiger partial charge in [0.2, 0.25) is 0 Å². The fourth-order valence-electron chi connectivity index (χ4n) is 1.68. The van der Waals surface area contributed by atoms with Crippen LogP contribution in [0.2, 0.25) is 10.0 Å². The van der Waals surface area contributed by atoms with Crippen LogP contribution in [-0.4, -0.2) is 4.92 Å². The van der Waals surface area contributed by atoms with Gasteiger partial charge in [-0.05, 0) is 30.3 Å². The first-order chi connectivity index (χ1) is 9.47. The standard InChI is InChI=1S/C13H9Cl2FN2O2/c14-9-3-4-12(11(16)5-9)17-7-8-1-2-10(15)6-13(8)18(19)20/h1-6,17H,7H2. The maximum Gasteiger partial charge on any atom is 0.275 e. The van der Waals surface area contributed by atoms with Crippen LogP contribution in [-0.2, 0) is 6.54 Å². The molecule has 0 saturated carbocycles. The van der Waals surface area contributed by atoms with E-state index in [1.165, 1.54) is 30.3 Å². The molecule has 0 aliphatic carbocycles. The maximum absolute atomic E-state index is 13.6. The molecule has 0 unspecified atom stereocenters. The van der Waals surface area contributed by atoms with Crippen LogP contribution in [0.5, 0.6) is 0 Å². The van der Waals surface area contributed by atoms with Crippen molar-refractivity contribution >= 4 is 34.6 Å². The Bertz CT molecular complexity index is 665. The van der Waals surface area contributed by atoms with E-state index in [1.807, 2.05) is 0 Å². The summed E-state index contributed by atoms with van der Waals surface area (Å²) in [5, 5.41) is 14.3. The van der Waals surface area contributed by atoms with Crippen molar-refractivity contribution in [2.45, 2.75) is 6.54 Å². The van der Waals surface area contributed by atoms with Crippen LogP contribution in [0.1, 0.15) is 5.56 Å². The molecule has 0 heterocycles. The summed E-state index contributed by atoms with van der Waals surface area (Å²) < 4.78 is 13.6. The average molecular weight is 315 g/mol. The number of hydrogen-bond acceptors (Lipinski definition) is 3. The third kappa shape index (κ3) is 3.37. The van der Waals surface area contributed by atoms with Gasteiger partial charge >= 0.3 is 0 Å². The minimum Gasteiger partial charge on any atom is -0.378 e. The first-order valence-electron chi connectivity index (χ1n) is 5.59. The van der Waals surface area contributed by atoms with Crippen LogP contribution in [0.25, 0.3) is 0 Å². The van der Waals surface area contributed by atoms with Gasteiger partial charge in [-0.3, -0.25) is 10.1 Å². The van der Waals surface area contributed by atoms with E-state index in [-0.39, 0.29) is 28.0 Å². The monoisotopic (exact) mass is 314 g/mol. The third-order valence-electron chi connectivity index (χ3n) is 2.64. The van der Waals surface area contributed by atoms with E-state index in [9.17, 15) is 14.5 Å². The molecule has 0 spiro atoms. The van der Waals surface area contributed by atoms with Gasteiger partial charge in [-0.1, -0.05) is 23.2 Å². The molecular weight excluding hydrogens is 306 g/mol. The molecule has 2 aromatic rings. The molecule has 0 saturated heterocycles. The van der Waals surface area contributed by atoms with Crippen LogP contribution in [0.3, 0.4) is 0 Å². The summed E-state index contributed by atoms with van der Waals surface area (Å²) in [6, 6.07) is 8.50. The Hall–Kier alpha value is -1.85. The molecule has 20 heavy (non-hydrogen) atoms. The summed E-state index contributed by atoms with van der Waals surface area (Å²) >= 11 is 11.4. The second kappa shape index (κ2) is 6.07. The van der Waals surface area contributed by atoms with Crippen molar-refractivity contribution in [1.82, 2.24) is 0 Å². The summed E-state index contributed by atoms with van der Waals surface area (Å²) in [6.07, 6.45) is 0. The Morgan fingerprint density at radius 3 is 2.45 bits per heavy atom. The zero-order valence-corrected chi connectivity index (χ0v) is 11.6. The van der Waals surface area contributed by atoms with E-state index < -0.39 is 10.7 Å². The Balaban J connectivity index is 2.20. The van der Waals surface area contributed by atoms with E-state index in [2.05, 4.69) is 5.32 Å². The maximum atomic E-state index is 13.6. The Morgan fingerprint density at radius 1 is 1.15 bits per heavy atom. The molecule has 1 N–H and O–H groups in total. The fraction of sp³-hybridized carbons (Fsp3) is 0.0769. The predicted molar refractivity (Wildman–Crippen MR) is 76.8 cm³/mol. The second-order valence-corrected chi connectivity index (χ2v) is 4.88. The third-order valence-corrected chi connectivity index (χ3v) is 3.11. The number of nitrogens with zero attached hydrogens (tertiary/aromatic N) is 1. The van der Waals surface area contributed by atoms with Gasteiger partial charge in [0.25, 0.3) is 5.69 Å². The first-order valence-corrected chi connectivity index (χ1v) is 6.34. The minimum atomic E-state index is -0.527. The largest absolute Gasteiger partial charge is 0.378 e. The first kappa shape index (κ1) is 14.6. The summed E-state index contributed by atoms with van der Waals surface area (Å²) in [7, 11) is 0. The van der Waals surface area contributed by atoms with Gasteiger partial charge in [-0.25, -0.2) is 4.39 Å². The van der Waals surface area contributed by atoms with Crippen molar-refractivity contribution in [2.24, 2.45) is 0 Å². The minimum absolute atomic E-state index is 0.103. The van der Waals surface area contributed by atoms with Crippen molar-refractivity contribution in [3.63, 3.8) is 0 Å². The van der Waals surface area contributed by atoms with Crippen LogP contribution >= 0.6 is 23.2 Å². The van der Waals surface area contributed by atoms with Gasteiger partial charge in [-0.2, -0.15) is 0 Å². The summed E-state index contributed by atoms with van der Waals surface area (Å²) in [6.45, 7) is 0.103. The van der Waals surface area contributed by atoms with E-state index in [0.717, 1.165) is 0 Å². The van der Waals surface area contributed by atoms with Gasteiger partial charge in [0.1, 0.15) is 5.82 Å². The summed E-state index contributed by atoms with van der Waals surface area (Å²) in [5.41, 5.74) is 0.520. The molecule has 0 radical (unpaired) electrons. The molecule has 4 nitrogen and oxygen atoms in total. The number of nitro groups is 1. The summed E-state index contributed by atoms with van der Waals surface area (Å²) in [4.78, 5) is 10.4. The van der Waals surface area contributed by atoms with Gasteiger partial charge in [0, 0.05) is 28.2 Å². The van der Waals surface area contributed by atoms with Crippen LogP contribution in [0.4, 0.5) is 15.8 Å². The number of halogens is 3. The fourth-order valence-corrected chi connectivity index (χ4v) is 2.00. The molecular formula is C13H9Cl2FN2O2. The van der Waals surface area contributed by atoms with E-state index in [4.69, 9.17) is 23.2 Å². The Kier molecular flexibility index (Phi) is 4.42. The highest BCUT2D eigenvalue weighted by atomic mass is 35.5. The van der Waals surface area contributed by atoms with Crippen LogP contribution in [0, 0.1) is 15.9 Å². The molecule has 2 rings (SSSR count). The number of benzene rings is 2. The molecule has 104 valence electrons. The van der Waals surface area contributed by atoms with Crippen LogP contribution < -0.4 is 5.32 Å². The Morgan fingerprint density at radius 2 is 1.80 bits per heavy atom. The van der Waals surface area contributed by atoms with E-state index in [1.54, 1.807) is 6.07 Å². The highest BCUT2D eigenvalue weighted by molar-refractivity contribution is 6.31. The van der Waals surface area contributed by atoms with Crippen molar-refractivity contribution in [1.29, 1.82) is 0 Å². The SMILES string of the molecule is O=[N+]([O-])c1cc(Cl)ccc1CNc1ccc(Cl)cc1F. The van der Waals surface area contributed by atoms with Crippen molar-refractivity contribution in [3.05, 3.63) is 67.9 Å². The van der Waals surface area contributed by atoms with Crippen molar-refractivity contribution < 1.29 is 9.31 Å². The smallest absolute Gasteiger partial charge is 0.275 e. The van der Waals surface area contributed by atoms with E-state index in [0.29, 0.717) is 5.56 Å². The molecule has 2 aromatic carbocycles. The number of nitrogens with one attached hydrogen (secondary N) is 1. The van der Waals surface area contributed by atoms with E-state index >= 15 is 0 Å². The lowest BCUT2D eigenvalue weighted by Crippen LogP contribution is -2.04. The number of nitro benzene ring substituents is 1. The molecule has 0 atom stereocenters. The topological polar surface area (TPSA) is 55.2 Å². The normalized spacial score (nSPS) is 10.3. The highest BCUT2D eigenvalue weighted by Gasteiger charge is 2.14. The molecule has 0 aliphatic heterocycles. The molecule has 0 fully saturated rings. The van der Waals surface area contributed by atoms with Gasteiger partial charge in [0.15, 0.2) is 0 Å². The van der Waals surface area contributed by atoms with Crippen molar-refractivity contribution in [3.8, 4) is 0 Å². The lowest BCUT2D eigenvalue weighted by atomic mass is 10.1. The average Bonchev–Trinajstić information content (AvgIpc) is 2.38. The molecule has 0 aromatic heterocycles. The summed E-state index contributed by atoms with van der Waals surface area (Å²) in [5.74, 6) is -0.519. The number of rotatable bonds is 4. The lowest BCUT2D eigenvalue weighted by molar-refractivity contribution is -0.385. The molecule has 0 bridgehead atoms. The molecule has 0 aliphatic rings.